The van der Waals surface area contributed by atoms with Gasteiger partial charge in [-0.3, -0.25) is 9.59 Å². The molecule has 2 amide bonds. The molecule has 126 valence electrons. The Morgan fingerprint density at radius 1 is 1.26 bits per heavy atom. The molecule has 0 aliphatic heterocycles. The SMILES string of the molecule is CNC(=O)Cn1ccc2ccc(NC(=O)C(C)C(C)N)cc21.Cl. The van der Waals surface area contributed by atoms with E-state index in [0.29, 0.717) is 5.69 Å². The molecule has 0 saturated heterocycles. The van der Waals surface area contributed by atoms with Crippen molar-refractivity contribution in [3.63, 3.8) is 0 Å². The number of rotatable bonds is 5. The molecule has 0 aliphatic carbocycles. The lowest BCUT2D eigenvalue weighted by Crippen LogP contribution is -2.34. The van der Waals surface area contributed by atoms with Crippen molar-refractivity contribution in [2.75, 3.05) is 12.4 Å². The second-order valence-corrected chi connectivity index (χ2v) is 5.53. The number of benzene rings is 1. The first kappa shape index (κ1) is 19.0. The molecule has 7 heteroatoms. The highest BCUT2D eigenvalue weighted by atomic mass is 35.5. The Morgan fingerprint density at radius 3 is 2.57 bits per heavy atom. The first-order valence-electron chi connectivity index (χ1n) is 7.28. The average Bonchev–Trinajstić information content (AvgIpc) is 2.88. The normalized spacial score (nSPS) is 13.0. The summed E-state index contributed by atoms with van der Waals surface area (Å²) in [4.78, 5) is 23.6. The van der Waals surface area contributed by atoms with Gasteiger partial charge in [-0.2, -0.15) is 0 Å². The topological polar surface area (TPSA) is 89.2 Å². The van der Waals surface area contributed by atoms with E-state index in [1.54, 1.807) is 14.0 Å². The minimum atomic E-state index is -0.270. The lowest BCUT2D eigenvalue weighted by Gasteiger charge is -2.15. The van der Waals surface area contributed by atoms with Crippen LogP contribution in [0.1, 0.15) is 13.8 Å². The summed E-state index contributed by atoms with van der Waals surface area (Å²) < 4.78 is 1.85. The predicted molar refractivity (Wildman–Crippen MR) is 94.7 cm³/mol. The molecule has 0 fully saturated rings. The Labute approximate surface area is 141 Å². The van der Waals surface area contributed by atoms with Gasteiger partial charge in [0.1, 0.15) is 6.54 Å². The maximum atomic E-state index is 12.1. The third-order valence-corrected chi connectivity index (χ3v) is 3.84. The van der Waals surface area contributed by atoms with Crippen LogP contribution in [0, 0.1) is 5.92 Å². The molecule has 1 aromatic heterocycles. The van der Waals surface area contributed by atoms with Crippen LogP contribution in [0.3, 0.4) is 0 Å². The van der Waals surface area contributed by atoms with Crippen LogP contribution in [0.15, 0.2) is 30.5 Å². The smallest absolute Gasteiger partial charge is 0.239 e. The van der Waals surface area contributed by atoms with E-state index < -0.39 is 0 Å². The molecule has 2 aromatic rings. The number of carbonyl (C=O) groups excluding carboxylic acids is 2. The van der Waals surface area contributed by atoms with E-state index in [1.165, 1.54) is 0 Å². The molecular formula is C16H23ClN4O2. The van der Waals surface area contributed by atoms with E-state index in [-0.39, 0.29) is 42.7 Å². The van der Waals surface area contributed by atoms with E-state index in [4.69, 9.17) is 5.73 Å². The molecule has 0 radical (unpaired) electrons. The number of hydrogen-bond acceptors (Lipinski definition) is 3. The quantitative estimate of drug-likeness (QED) is 0.775. The van der Waals surface area contributed by atoms with Crippen molar-refractivity contribution in [3.8, 4) is 0 Å². The second kappa shape index (κ2) is 7.99. The van der Waals surface area contributed by atoms with Crippen LogP contribution >= 0.6 is 12.4 Å². The Balaban J connectivity index is 0.00000264. The maximum absolute atomic E-state index is 12.1. The number of anilines is 1. The van der Waals surface area contributed by atoms with Crippen LogP contribution in [0.2, 0.25) is 0 Å². The van der Waals surface area contributed by atoms with Crippen molar-refractivity contribution in [1.82, 2.24) is 9.88 Å². The number of amides is 2. The van der Waals surface area contributed by atoms with Crippen LogP contribution < -0.4 is 16.4 Å². The number of fused-ring (bicyclic) bond motifs is 1. The van der Waals surface area contributed by atoms with Gasteiger partial charge < -0.3 is 20.9 Å². The van der Waals surface area contributed by atoms with Crippen LogP contribution in [-0.4, -0.2) is 29.5 Å². The van der Waals surface area contributed by atoms with Crippen molar-refractivity contribution in [2.45, 2.75) is 26.4 Å². The van der Waals surface area contributed by atoms with E-state index in [1.807, 2.05) is 42.0 Å². The molecule has 2 atom stereocenters. The van der Waals surface area contributed by atoms with Gasteiger partial charge in [-0.25, -0.2) is 0 Å². The summed E-state index contributed by atoms with van der Waals surface area (Å²) in [6.45, 7) is 3.85. The van der Waals surface area contributed by atoms with Gasteiger partial charge in [0.05, 0.1) is 11.4 Å². The summed E-state index contributed by atoms with van der Waals surface area (Å²) in [7, 11) is 1.61. The van der Waals surface area contributed by atoms with E-state index in [9.17, 15) is 9.59 Å². The third kappa shape index (κ3) is 4.46. The zero-order valence-electron chi connectivity index (χ0n) is 13.5. The van der Waals surface area contributed by atoms with E-state index in [2.05, 4.69) is 10.6 Å². The molecule has 23 heavy (non-hydrogen) atoms. The van der Waals surface area contributed by atoms with Gasteiger partial charge in [-0.1, -0.05) is 13.0 Å². The van der Waals surface area contributed by atoms with Crippen molar-refractivity contribution in [1.29, 1.82) is 0 Å². The lowest BCUT2D eigenvalue weighted by atomic mass is 10.0. The van der Waals surface area contributed by atoms with Crippen molar-refractivity contribution in [2.24, 2.45) is 11.7 Å². The Bertz CT molecular complexity index is 696. The van der Waals surface area contributed by atoms with Gasteiger partial charge in [0.2, 0.25) is 11.8 Å². The molecule has 1 aromatic carbocycles. The summed E-state index contributed by atoms with van der Waals surface area (Å²) in [5, 5.41) is 6.48. The van der Waals surface area contributed by atoms with Crippen LogP contribution in [0.5, 0.6) is 0 Å². The number of nitrogens with one attached hydrogen (secondary N) is 2. The first-order chi connectivity index (χ1) is 10.4. The summed E-state index contributed by atoms with van der Waals surface area (Å²) in [5.41, 5.74) is 7.34. The van der Waals surface area contributed by atoms with E-state index in [0.717, 1.165) is 10.9 Å². The van der Waals surface area contributed by atoms with Gasteiger partial charge in [0, 0.05) is 25.0 Å². The summed E-state index contributed by atoms with van der Waals surface area (Å²) >= 11 is 0. The Hall–Kier alpha value is -2.05. The monoisotopic (exact) mass is 338 g/mol. The molecule has 0 bridgehead atoms. The Kier molecular flexibility index (Phi) is 6.60. The molecule has 4 N–H and O–H groups in total. The second-order valence-electron chi connectivity index (χ2n) is 5.53. The highest BCUT2D eigenvalue weighted by Crippen LogP contribution is 2.21. The average molecular weight is 339 g/mol. The molecule has 0 spiro atoms. The number of aromatic nitrogens is 1. The number of likely N-dealkylation sites (N-methyl/N-ethyl adjacent to an activating group) is 1. The summed E-state index contributed by atoms with van der Waals surface area (Å²) in [6, 6.07) is 7.36. The van der Waals surface area contributed by atoms with Gasteiger partial charge >= 0.3 is 0 Å². The van der Waals surface area contributed by atoms with Crippen molar-refractivity contribution in [3.05, 3.63) is 30.5 Å². The fourth-order valence-corrected chi connectivity index (χ4v) is 2.13. The highest BCUT2D eigenvalue weighted by molar-refractivity contribution is 5.95. The molecule has 0 saturated carbocycles. The lowest BCUT2D eigenvalue weighted by molar-refractivity contribution is -0.121. The maximum Gasteiger partial charge on any atom is 0.239 e. The Morgan fingerprint density at radius 2 is 1.96 bits per heavy atom. The predicted octanol–water partition coefficient (Wildman–Crippen LogP) is 1.73. The minimum Gasteiger partial charge on any atom is -0.358 e. The van der Waals surface area contributed by atoms with Gasteiger partial charge in [-0.15, -0.1) is 12.4 Å². The van der Waals surface area contributed by atoms with Crippen molar-refractivity contribution < 1.29 is 9.59 Å². The zero-order valence-corrected chi connectivity index (χ0v) is 14.3. The van der Waals surface area contributed by atoms with Gasteiger partial charge in [0.15, 0.2) is 0 Å². The van der Waals surface area contributed by atoms with Crippen LogP contribution in [-0.2, 0) is 16.1 Å². The molecule has 6 nitrogen and oxygen atoms in total. The van der Waals surface area contributed by atoms with Crippen molar-refractivity contribution >= 4 is 40.8 Å². The molecule has 2 unspecified atom stereocenters. The zero-order chi connectivity index (χ0) is 16.3. The summed E-state index contributed by atoms with van der Waals surface area (Å²) in [6.07, 6.45) is 1.86. The van der Waals surface area contributed by atoms with Gasteiger partial charge in [-0.05, 0) is 30.5 Å². The highest BCUT2D eigenvalue weighted by Gasteiger charge is 2.17. The molecular weight excluding hydrogens is 316 g/mol. The number of carbonyl (C=O) groups is 2. The molecule has 1 heterocycles. The third-order valence-electron chi connectivity index (χ3n) is 3.84. The fourth-order valence-electron chi connectivity index (χ4n) is 2.13. The standard InChI is InChI=1S/C16H22N4O2.ClH/c1-10(11(2)17)16(22)19-13-5-4-12-6-7-20(14(12)8-13)9-15(21)18-3;/h4-8,10-11H,9,17H2,1-3H3,(H,18,21)(H,19,22);1H. The molecule has 0 aliphatic rings. The molecule has 2 rings (SSSR count). The number of halogens is 1. The largest absolute Gasteiger partial charge is 0.358 e. The fraction of sp³-hybridized carbons (Fsp3) is 0.375. The summed E-state index contributed by atoms with van der Waals surface area (Å²) in [5.74, 6) is -0.454. The van der Waals surface area contributed by atoms with Gasteiger partial charge in [0.25, 0.3) is 0 Å². The van der Waals surface area contributed by atoms with Crippen LogP contribution in [0.4, 0.5) is 5.69 Å². The number of hydrogen-bond donors (Lipinski definition) is 3. The van der Waals surface area contributed by atoms with E-state index >= 15 is 0 Å². The first-order valence-corrected chi connectivity index (χ1v) is 7.28. The number of nitrogens with zero attached hydrogens (tertiary/aromatic N) is 1. The number of nitrogens with two attached hydrogens (primary N) is 1. The van der Waals surface area contributed by atoms with Crippen LogP contribution in [0.25, 0.3) is 10.9 Å². The minimum absolute atomic E-state index is 0.